The number of carboxylic acid groups (broad SMARTS) is 1. The third-order valence-electron chi connectivity index (χ3n) is 11.2. The van der Waals surface area contributed by atoms with Gasteiger partial charge >= 0.3 is 5.97 Å². The highest BCUT2D eigenvalue weighted by atomic mass is 16.4. The number of nitrogens with zero attached hydrogens (tertiary/aromatic N) is 5. The molecule has 5 aliphatic rings. The van der Waals surface area contributed by atoms with Crippen LogP contribution in [0.5, 0.6) is 0 Å². The Morgan fingerprint density at radius 2 is 1.55 bits per heavy atom. The summed E-state index contributed by atoms with van der Waals surface area (Å²) in [5, 5.41) is 10.0. The van der Waals surface area contributed by atoms with E-state index in [-0.39, 0.29) is 17.6 Å². The zero-order valence-electron chi connectivity index (χ0n) is 24.1. The van der Waals surface area contributed by atoms with Crippen LogP contribution in [0.4, 0.5) is 5.82 Å². The molecule has 8 nitrogen and oxygen atoms in total. The summed E-state index contributed by atoms with van der Waals surface area (Å²) in [5.74, 6) is 1.21. The molecule has 1 N–H and O–H groups in total. The summed E-state index contributed by atoms with van der Waals surface area (Å²) in [6.45, 7) is 0.498. The Morgan fingerprint density at radius 3 is 2.20 bits per heavy atom. The van der Waals surface area contributed by atoms with Gasteiger partial charge in [0.15, 0.2) is 5.82 Å². The van der Waals surface area contributed by atoms with Gasteiger partial charge in [0.2, 0.25) is 0 Å². The van der Waals surface area contributed by atoms with E-state index in [9.17, 15) is 14.7 Å². The van der Waals surface area contributed by atoms with E-state index in [1.165, 1.54) is 64.2 Å². The van der Waals surface area contributed by atoms with Crippen molar-refractivity contribution in [2.24, 2.45) is 11.8 Å². The average molecular weight is 548 g/mol. The third kappa shape index (κ3) is 4.46. The Balaban J connectivity index is 1.22. The van der Waals surface area contributed by atoms with Crippen LogP contribution >= 0.6 is 0 Å². The first-order valence-corrected chi connectivity index (χ1v) is 15.8. The van der Waals surface area contributed by atoms with E-state index < -0.39 is 12.0 Å². The predicted octanol–water partition coefficient (Wildman–Crippen LogP) is 4.52. The highest BCUT2D eigenvalue weighted by molar-refractivity contribution is 5.83. The first kappa shape index (κ1) is 26.4. The van der Waals surface area contributed by atoms with Crippen molar-refractivity contribution in [1.82, 2.24) is 19.4 Å². The zero-order valence-corrected chi connectivity index (χ0v) is 24.1. The standard InChI is InChI=1S/C32H45N5O3/c1-34(2)28-19-35(29(28)32(39)40)30-31(38)37(27-13-6-5-12-26(27)33-30)25-17-22-10-7-11-23(18-25)36(22)24-15-20-8-3-4-9-21(14-20)16-24/h5-6,12-13,20-25,28-29H,3-4,7-11,14-19H2,1-2H3,(H,39,40)/t20?,21?,22-,23+,24?,25+,28-,29+/m1/s1. The number of aliphatic carboxylic acids is 1. The van der Waals surface area contributed by atoms with Crippen molar-refractivity contribution >= 4 is 22.8 Å². The van der Waals surface area contributed by atoms with E-state index in [0.29, 0.717) is 30.5 Å². The molecule has 7 rings (SSSR count). The zero-order chi connectivity index (χ0) is 27.5. The first-order chi connectivity index (χ1) is 19.4. The van der Waals surface area contributed by atoms with Crippen LogP contribution in [0.1, 0.15) is 83.1 Å². The number of benzene rings is 1. The molecule has 216 valence electrons. The van der Waals surface area contributed by atoms with Crippen LogP contribution in [0, 0.1) is 11.8 Å². The van der Waals surface area contributed by atoms with E-state index in [0.717, 1.165) is 35.7 Å². The number of fused-ring (bicyclic) bond motifs is 5. The van der Waals surface area contributed by atoms with Crippen LogP contribution in [0.2, 0.25) is 0 Å². The Hall–Kier alpha value is -2.45. The van der Waals surface area contributed by atoms with Crippen LogP contribution in [-0.4, -0.2) is 81.3 Å². The molecular formula is C32H45N5O3. The molecule has 2 aromatic rings. The second kappa shape index (κ2) is 10.4. The summed E-state index contributed by atoms with van der Waals surface area (Å²) in [6.07, 6.45) is 15.6. The summed E-state index contributed by atoms with van der Waals surface area (Å²) < 4.78 is 2.02. The smallest absolute Gasteiger partial charge is 0.328 e. The number of piperidine rings is 2. The van der Waals surface area contributed by atoms with Crippen LogP contribution in [0.25, 0.3) is 11.0 Å². The van der Waals surface area contributed by atoms with Crippen LogP contribution in [0.15, 0.2) is 29.1 Å². The molecule has 40 heavy (non-hydrogen) atoms. The topological polar surface area (TPSA) is 81.9 Å². The Bertz CT molecular complexity index is 1300. The fourth-order valence-corrected chi connectivity index (χ4v) is 9.44. The van der Waals surface area contributed by atoms with Gasteiger partial charge in [-0.25, -0.2) is 9.78 Å². The lowest BCUT2D eigenvalue weighted by Gasteiger charge is -2.54. The van der Waals surface area contributed by atoms with E-state index in [4.69, 9.17) is 4.98 Å². The molecule has 5 fully saturated rings. The van der Waals surface area contributed by atoms with Gasteiger partial charge in [-0.1, -0.05) is 44.2 Å². The number of hydrogen-bond acceptors (Lipinski definition) is 6. The van der Waals surface area contributed by atoms with Crippen LogP contribution in [0.3, 0.4) is 0 Å². The highest BCUT2D eigenvalue weighted by Crippen LogP contribution is 2.47. The molecule has 3 aliphatic heterocycles. The highest BCUT2D eigenvalue weighted by Gasteiger charge is 2.48. The monoisotopic (exact) mass is 547 g/mol. The molecular weight excluding hydrogens is 502 g/mol. The van der Waals surface area contributed by atoms with E-state index >= 15 is 0 Å². The number of para-hydroxylation sites is 2. The first-order valence-electron chi connectivity index (χ1n) is 15.8. The Kier molecular flexibility index (Phi) is 6.90. The summed E-state index contributed by atoms with van der Waals surface area (Å²) in [6, 6.07) is 8.92. The van der Waals surface area contributed by atoms with Gasteiger partial charge in [0.25, 0.3) is 5.56 Å². The summed E-state index contributed by atoms with van der Waals surface area (Å²) in [5.41, 5.74) is 1.54. The molecule has 7 atom stereocenters. The van der Waals surface area contributed by atoms with Gasteiger partial charge in [0.1, 0.15) is 6.04 Å². The second-order valence-corrected chi connectivity index (χ2v) is 13.8. The number of aromatic nitrogens is 2. The van der Waals surface area contributed by atoms with Crippen molar-refractivity contribution in [2.45, 2.75) is 113 Å². The molecule has 1 aromatic carbocycles. The number of likely N-dealkylation sites (N-methyl/N-ethyl adjacent to an activating group) is 1. The number of anilines is 1. The molecule has 3 saturated heterocycles. The molecule has 0 amide bonds. The lowest BCUT2D eigenvalue weighted by atomic mass is 9.73. The van der Waals surface area contributed by atoms with Gasteiger partial charge < -0.3 is 19.5 Å². The fourth-order valence-electron chi connectivity index (χ4n) is 9.44. The van der Waals surface area contributed by atoms with E-state index in [1.54, 1.807) is 4.90 Å². The van der Waals surface area contributed by atoms with E-state index in [1.807, 2.05) is 47.8 Å². The van der Waals surface area contributed by atoms with Crippen LogP contribution < -0.4 is 10.5 Å². The molecule has 8 heteroatoms. The number of rotatable bonds is 5. The molecule has 2 saturated carbocycles. The SMILES string of the molecule is CN(C)[C@@H]1CN(c2nc3ccccc3n([C@H]3C[C@H]4CCC[C@@H](C3)N4C3CC4CCCCC(C4)C3)c2=O)[C@@H]1C(=O)O. The molecule has 4 heterocycles. The maximum absolute atomic E-state index is 14.3. The number of hydrogen-bond donors (Lipinski definition) is 1. The van der Waals surface area contributed by atoms with Gasteiger partial charge in [0.05, 0.1) is 17.1 Å². The number of carboxylic acids is 1. The molecule has 1 aromatic heterocycles. The summed E-state index contributed by atoms with van der Waals surface area (Å²) in [7, 11) is 3.80. The summed E-state index contributed by atoms with van der Waals surface area (Å²) in [4.78, 5) is 37.9. The molecule has 2 aliphatic carbocycles. The van der Waals surface area contributed by atoms with Gasteiger partial charge in [0, 0.05) is 30.7 Å². The average Bonchev–Trinajstić information content (AvgIpc) is 3.06. The van der Waals surface area contributed by atoms with Crippen molar-refractivity contribution < 1.29 is 9.90 Å². The Labute approximate surface area is 237 Å². The Morgan fingerprint density at radius 1 is 0.875 bits per heavy atom. The molecule has 2 unspecified atom stereocenters. The van der Waals surface area contributed by atoms with Crippen molar-refractivity contribution in [2.75, 3.05) is 25.5 Å². The minimum Gasteiger partial charge on any atom is -0.480 e. The minimum absolute atomic E-state index is 0.116. The van der Waals surface area contributed by atoms with Gasteiger partial charge in [-0.3, -0.25) is 9.69 Å². The number of carbonyl (C=O) groups is 1. The maximum Gasteiger partial charge on any atom is 0.328 e. The summed E-state index contributed by atoms with van der Waals surface area (Å²) >= 11 is 0. The van der Waals surface area contributed by atoms with Gasteiger partial charge in [-0.15, -0.1) is 0 Å². The molecule has 0 spiro atoms. The minimum atomic E-state index is -0.901. The molecule has 4 bridgehead atoms. The quantitative estimate of drug-likeness (QED) is 0.590. The normalized spacial score (nSPS) is 36.3. The maximum atomic E-state index is 14.3. The van der Waals surface area contributed by atoms with Crippen molar-refractivity contribution in [3.63, 3.8) is 0 Å². The van der Waals surface area contributed by atoms with Crippen LogP contribution in [-0.2, 0) is 4.79 Å². The van der Waals surface area contributed by atoms with Crippen molar-refractivity contribution in [1.29, 1.82) is 0 Å². The van der Waals surface area contributed by atoms with Crippen molar-refractivity contribution in [3.8, 4) is 0 Å². The fraction of sp³-hybridized carbons (Fsp3) is 0.719. The lowest BCUT2D eigenvalue weighted by molar-refractivity contribution is -0.142. The second-order valence-electron chi connectivity index (χ2n) is 13.8. The third-order valence-corrected chi connectivity index (χ3v) is 11.2. The van der Waals surface area contributed by atoms with Gasteiger partial charge in [-0.2, -0.15) is 0 Å². The predicted molar refractivity (Wildman–Crippen MR) is 157 cm³/mol. The van der Waals surface area contributed by atoms with Crippen molar-refractivity contribution in [3.05, 3.63) is 34.6 Å². The lowest BCUT2D eigenvalue weighted by Crippen LogP contribution is -2.69. The van der Waals surface area contributed by atoms with E-state index in [2.05, 4.69) is 4.90 Å². The van der Waals surface area contributed by atoms with Gasteiger partial charge in [-0.05, 0) is 83.0 Å². The molecule has 0 radical (unpaired) electrons. The largest absolute Gasteiger partial charge is 0.480 e.